The average Bonchev–Trinajstić information content (AvgIpc) is 3.04. The Hall–Kier alpha value is -3.12. The van der Waals surface area contributed by atoms with Gasteiger partial charge in [-0.3, -0.25) is 9.59 Å². The standard InChI is InChI=1S/C21H23N3O3/c1-14-8-10-15(11-9-14)20(25)24-18-16-6-3-4-7-17(16)23-19(18)21(26)22-12-5-13-27-2/h3-4,6-11,23H,5,12-13H2,1-2H3,(H,22,26)(H,24,25). The van der Waals surface area contributed by atoms with Gasteiger partial charge < -0.3 is 20.4 Å². The third kappa shape index (κ3) is 4.35. The molecule has 0 fully saturated rings. The van der Waals surface area contributed by atoms with Crippen LogP contribution in [0, 0.1) is 6.92 Å². The van der Waals surface area contributed by atoms with Crippen LogP contribution in [-0.4, -0.2) is 37.1 Å². The molecule has 0 atom stereocenters. The second-order valence-corrected chi connectivity index (χ2v) is 6.34. The summed E-state index contributed by atoms with van der Waals surface area (Å²) in [6.45, 7) is 3.03. The fourth-order valence-electron chi connectivity index (χ4n) is 2.84. The number of fused-ring (bicyclic) bond motifs is 1. The summed E-state index contributed by atoms with van der Waals surface area (Å²) in [7, 11) is 1.62. The fraction of sp³-hybridized carbons (Fsp3) is 0.238. The number of benzene rings is 2. The number of para-hydroxylation sites is 1. The smallest absolute Gasteiger partial charge is 0.269 e. The highest BCUT2D eigenvalue weighted by molar-refractivity contribution is 6.15. The van der Waals surface area contributed by atoms with E-state index >= 15 is 0 Å². The molecule has 6 nitrogen and oxygen atoms in total. The molecule has 0 aliphatic carbocycles. The molecular formula is C21H23N3O3. The molecule has 27 heavy (non-hydrogen) atoms. The van der Waals surface area contributed by atoms with Gasteiger partial charge in [-0.2, -0.15) is 0 Å². The summed E-state index contributed by atoms with van der Waals surface area (Å²) in [5.41, 5.74) is 3.24. The van der Waals surface area contributed by atoms with Crippen LogP contribution in [0.1, 0.15) is 32.8 Å². The molecule has 3 N–H and O–H groups in total. The monoisotopic (exact) mass is 365 g/mol. The Balaban J connectivity index is 1.87. The first-order chi connectivity index (χ1) is 13.1. The molecule has 0 unspecified atom stereocenters. The number of nitrogens with one attached hydrogen (secondary N) is 3. The van der Waals surface area contributed by atoms with Crippen molar-refractivity contribution in [2.24, 2.45) is 0 Å². The zero-order valence-corrected chi connectivity index (χ0v) is 15.5. The van der Waals surface area contributed by atoms with Gasteiger partial charge in [0.2, 0.25) is 0 Å². The maximum atomic E-state index is 12.7. The topological polar surface area (TPSA) is 83.2 Å². The third-order valence-corrected chi connectivity index (χ3v) is 4.30. The molecule has 0 bridgehead atoms. The number of H-pyrrole nitrogens is 1. The zero-order chi connectivity index (χ0) is 19.2. The molecule has 0 saturated heterocycles. The molecule has 0 radical (unpaired) electrons. The normalized spacial score (nSPS) is 10.7. The van der Waals surface area contributed by atoms with Crippen molar-refractivity contribution < 1.29 is 14.3 Å². The number of amides is 2. The van der Waals surface area contributed by atoms with E-state index in [4.69, 9.17) is 4.74 Å². The Morgan fingerprint density at radius 3 is 2.52 bits per heavy atom. The first-order valence-corrected chi connectivity index (χ1v) is 8.86. The van der Waals surface area contributed by atoms with Crippen LogP contribution < -0.4 is 10.6 Å². The number of rotatable bonds is 7. The predicted octanol–water partition coefficient (Wildman–Crippen LogP) is 3.49. The molecule has 0 saturated carbocycles. The number of hydrogen-bond donors (Lipinski definition) is 3. The summed E-state index contributed by atoms with van der Waals surface area (Å²) < 4.78 is 4.99. The van der Waals surface area contributed by atoms with E-state index in [-0.39, 0.29) is 11.8 Å². The summed E-state index contributed by atoms with van der Waals surface area (Å²) in [5, 5.41) is 6.54. The zero-order valence-electron chi connectivity index (χ0n) is 15.5. The maximum absolute atomic E-state index is 12.7. The van der Waals surface area contributed by atoms with E-state index in [2.05, 4.69) is 15.6 Å². The summed E-state index contributed by atoms with van der Waals surface area (Å²) >= 11 is 0. The van der Waals surface area contributed by atoms with Crippen LogP contribution in [0.3, 0.4) is 0 Å². The number of hydrogen-bond acceptors (Lipinski definition) is 3. The van der Waals surface area contributed by atoms with Crippen molar-refractivity contribution in [3.63, 3.8) is 0 Å². The van der Waals surface area contributed by atoms with Crippen LogP contribution >= 0.6 is 0 Å². The summed E-state index contributed by atoms with van der Waals surface area (Å²) in [6, 6.07) is 14.8. The van der Waals surface area contributed by atoms with E-state index in [0.29, 0.717) is 36.5 Å². The average molecular weight is 365 g/mol. The Bertz CT molecular complexity index is 945. The lowest BCUT2D eigenvalue weighted by atomic mass is 10.1. The number of aromatic nitrogens is 1. The van der Waals surface area contributed by atoms with Crippen molar-refractivity contribution in [3.05, 3.63) is 65.4 Å². The van der Waals surface area contributed by atoms with Crippen LogP contribution in [0.2, 0.25) is 0 Å². The van der Waals surface area contributed by atoms with Gasteiger partial charge in [0.15, 0.2) is 0 Å². The largest absolute Gasteiger partial charge is 0.385 e. The maximum Gasteiger partial charge on any atom is 0.269 e. The number of aromatic amines is 1. The van der Waals surface area contributed by atoms with Crippen molar-refractivity contribution in [1.82, 2.24) is 10.3 Å². The first-order valence-electron chi connectivity index (χ1n) is 8.86. The minimum atomic E-state index is -0.262. The highest BCUT2D eigenvalue weighted by Gasteiger charge is 2.19. The van der Waals surface area contributed by atoms with Gasteiger partial charge in [-0.1, -0.05) is 35.9 Å². The van der Waals surface area contributed by atoms with Crippen molar-refractivity contribution in [2.45, 2.75) is 13.3 Å². The van der Waals surface area contributed by atoms with E-state index in [1.807, 2.05) is 43.3 Å². The highest BCUT2D eigenvalue weighted by Crippen LogP contribution is 2.28. The minimum Gasteiger partial charge on any atom is -0.385 e. The molecular weight excluding hydrogens is 342 g/mol. The van der Waals surface area contributed by atoms with Gasteiger partial charge >= 0.3 is 0 Å². The van der Waals surface area contributed by atoms with Crippen molar-refractivity contribution in [2.75, 3.05) is 25.6 Å². The molecule has 2 aromatic carbocycles. The van der Waals surface area contributed by atoms with E-state index in [1.165, 1.54) is 0 Å². The van der Waals surface area contributed by atoms with Crippen molar-refractivity contribution >= 4 is 28.4 Å². The van der Waals surface area contributed by atoms with E-state index < -0.39 is 0 Å². The van der Waals surface area contributed by atoms with Gasteiger partial charge in [0.25, 0.3) is 11.8 Å². The van der Waals surface area contributed by atoms with Crippen molar-refractivity contribution in [1.29, 1.82) is 0 Å². The molecule has 0 aliphatic heterocycles. The Morgan fingerprint density at radius 2 is 1.78 bits per heavy atom. The lowest BCUT2D eigenvalue weighted by Gasteiger charge is -2.09. The molecule has 140 valence electrons. The van der Waals surface area contributed by atoms with Crippen molar-refractivity contribution in [3.8, 4) is 0 Å². The molecule has 0 spiro atoms. The Labute approximate surface area is 157 Å². The Morgan fingerprint density at radius 1 is 1.04 bits per heavy atom. The lowest BCUT2D eigenvalue weighted by Crippen LogP contribution is -2.27. The van der Waals surface area contributed by atoms with E-state index in [1.54, 1.807) is 19.2 Å². The van der Waals surface area contributed by atoms with Gasteiger partial charge in [-0.25, -0.2) is 0 Å². The molecule has 3 rings (SSSR count). The van der Waals surface area contributed by atoms with Crippen LogP contribution in [-0.2, 0) is 4.74 Å². The van der Waals surface area contributed by atoms with E-state index in [9.17, 15) is 9.59 Å². The second-order valence-electron chi connectivity index (χ2n) is 6.34. The van der Waals surface area contributed by atoms with Gasteiger partial charge in [0.1, 0.15) is 5.69 Å². The molecule has 6 heteroatoms. The minimum absolute atomic E-state index is 0.256. The first kappa shape index (κ1) is 18.7. The number of aryl methyl sites for hydroxylation is 1. The molecule has 0 aliphatic rings. The van der Waals surface area contributed by atoms with Crippen LogP contribution in [0.5, 0.6) is 0 Å². The third-order valence-electron chi connectivity index (χ3n) is 4.30. The number of anilines is 1. The van der Waals surface area contributed by atoms with Gasteiger partial charge in [-0.05, 0) is 31.5 Å². The predicted molar refractivity (Wildman–Crippen MR) is 106 cm³/mol. The fourth-order valence-corrected chi connectivity index (χ4v) is 2.84. The highest BCUT2D eigenvalue weighted by atomic mass is 16.5. The number of carbonyl (C=O) groups excluding carboxylic acids is 2. The summed E-state index contributed by atoms with van der Waals surface area (Å²) in [4.78, 5) is 28.4. The second kappa shape index (κ2) is 8.51. The Kier molecular flexibility index (Phi) is 5.88. The van der Waals surface area contributed by atoms with Gasteiger partial charge in [0.05, 0.1) is 5.69 Å². The van der Waals surface area contributed by atoms with Gasteiger partial charge in [0, 0.05) is 36.7 Å². The molecule has 1 heterocycles. The SMILES string of the molecule is COCCCNC(=O)c1[nH]c2ccccc2c1NC(=O)c1ccc(C)cc1. The molecule has 2 amide bonds. The summed E-state index contributed by atoms with van der Waals surface area (Å²) in [6.07, 6.45) is 0.716. The molecule has 1 aromatic heterocycles. The van der Waals surface area contributed by atoms with E-state index in [0.717, 1.165) is 16.5 Å². The number of methoxy groups -OCH3 is 1. The van der Waals surface area contributed by atoms with Gasteiger partial charge in [-0.15, -0.1) is 0 Å². The lowest BCUT2D eigenvalue weighted by molar-refractivity contribution is 0.0945. The summed E-state index contributed by atoms with van der Waals surface area (Å²) in [5.74, 6) is -0.519. The quantitative estimate of drug-likeness (QED) is 0.561. The molecule has 3 aromatic rings. The van der Waals surface area contributed by atoms with Crippen LogP contribution in [0.4, 0.5) is 5.69 Å². The van der Waals surface area contributed by atoms with Crippen LogP contribution in [0.15, 0.2) is 48.5 Å². The number of carbonyl (C=O) groups is 2. The number of ether oxygens (including phenoxy) is 1. The van der Waals surface area contributed by atoms with Crippen LogP contribution in [0.25, 0.3) is 10.9 Å².